The van der Waals surface area contributed by atoms with Gasteiger partial charge in [0.05, 0.1) is 5.69 Å². The normalized spacial score (nSPS) is 15.4. The van der Waals surface area contributed by atoms with Crippen LogP contribution in [0.4, 0.5) is 10.1 Å². The highest BCUT2D eigenvalue weighted by Gasteiger charge is 2.20. The Morgan fingerprint density at radius 2 is 1.76 bits per heavy atom. The van der Waals surface area contributed by atoms with Crippen LogP contribution in [-0.2, 0) is 6.54 Å². The molecule has 1 saturated heterocycles. The molecule has 0 amide bonds. The van der Waals surface area contributed by atoms with E-state index in [4.69, 9.17) is 0 Å². The molecule has 1 aliphatic rings. The van der Waals surface area contributed by atoms with Crippen LogP contribution in [0, 0.1) is 19.7 Å². The van der Waals surface area contributed by atoms with Crippen LogP contribution in [0.15, 0.2) is 36.4 Å². The Morgan fingerprint density at radius 3 is 2.40 bits per heavy atom. The summed E-state index contributed by atoms with van der Waals surface area (Å²) in [6, 6.07) is 11.4. The van der Waals surface area contributed by atoms with Gasteiger partial charge in [-0.2, -0.15) is 0 Å². The van der Waals surface area contributed by atoms with Gasteiger partial charge in [0.25, 0.3) is 0 Å². The van der Waals surface area contributed by atoms with E-state index in [2.05, 4.69) is 41.8 Å². The van der Waals surface area contributed by atoms with E-state index >= 15 is 0 Å². The minimum atomic E-state index is -0.310. The summed E-state index contributed by atoms with van der Waals surface area (Å²) in [6.45, 7) is 10.1. The van der Waals surface area contributed by atoms with Crippen LogP contribution in [-0.4, -0.2) is 36.9 Å². The lowest BCUT2D eigenvalue weighted by Gasteiger charge is -2.36. The van der Waals surface area contributed by atoms with Gasteiger partial charge in [-0.1, -0.05) is 23.8 Å². The molecule has 1 fully saturated rings. The maximum atomic E-state index is 14.3. The molecule has 0 atom stereocenters. The Kier molecular flexibility index (Phi) is 5.19. The standard InChI is InChI=1S/C21H25FN2O/c1-15-4-5-16(2)19(12-15)14-23-8-10-24(11-9-23)21-7-6-18(17(3)25)13-20(21)22/h4-7,12-13H,8-11,14H2,1-3H3. The minimum absolute atomic E-state index is 0.108. The lowest BCUT2D eigenvalue weighted by Crippen LogP contribution is -2.46. The second-order valence-electron chi connectivity index (χ2n) is 6.92. The molecule has 2 aromatic carbocycles. The fourth-order valence-corrected chi connectivity index (χ4v) is 3.34. The highest BCUT2D eigenvalue weighted by molar-refractivity contribution is 5.94. The van der Waals surface area contributed by atoms with Crippen LogP contribution in [0.2, 0.25) is 0 Å². The van der Waals surface area contributed by atoms with Crippen LogP contribution < -0.4 is 4.90 Å². The summed E-state index contributed by atoms with van der Waals surface area (Å²) < 4.78 is 14.3. The van der Waals surface area contributed by atoms with E-state index in [0.717, 1.165) is 32.7 Å². The number of anilines is 1. The van der Waals surface area contributed by atoms with Gasteiger partial charge in [-0.15, -0.1) is 0 Å². The smallest absolute Gasteiger partial charge is 0.159 e. The van der Waals surface area contributed by atoms with Gasteiger partial charge in [0.1, 0.15) is 5.82 Å². The lowest BCUT2D eigenvalue weighted by atomic mass is 10.0. The quantitative estimate of drug-likeness (QED) is 0.787. The largest absolute Gasteiger partial charge is 0.367 e. The van der Waals surface area contributed by atoms with Crippen LogP contribution >= 0.6 is 0 Å². The topological polar surface area (TPSA) is 23.6 Å². The summed E-state index contributed by atoms with van der Waals surface area (Å²) in [5.41, 5.74) is 4.99. The Balaban J connectivity index is 1.64. The number of hydrogen-bond donors (Lipinski definition) is 0. The number of carbonyl (C=O) groups is 1. The van der Waals surface area contributed by atoms with Crippen molar-refractivity contribution in [2.24, 2.45) is 0 Å². The Morgan fingerprint density at radius 1 is 1.04 bits per heavy atom. The molecule has 0 aromatic heterocycles. The van der Waals surface area contributed by atoms with E-state index in [0.29, 0.717) is 11.3 Å². The Hall–Kier alpha value is -2.20. The zero-order valence-corrected chi connectivity index (χ0v) is 15.2. The average molecular weight is 340 g/mol. The molecular weight excluding hydrogens is 315 g/mol. The SMILES string of the molecule is CC(=O)c1ccc(N2CCN(Cc3cc(C)ccc3C)CC2)c(F)c1. The van der Waals surface area contributed by atoms with Crippen molar-refractivity contribution < 1.29 is 9.18 Å². The summed E-state index contributed by atoms with van der Waals surface area (Å²) in [5.74, 6) is -0.417. The molecule has 0 aliphatic carbocycles. The first-order valence-corrected chi connectivity index (χ1v) is 8.78. The number of aryl methyl sites for hydroxylation is 2. The van der Waals surface area contributed by atoms with Crippen molar-refractivity contribution in [2.75, 3.05) is 31.1 Å². The zero-order valence-electron chi connectivity index (χ0n) is 15.2. The molecule has 0 radical (unpaired) electrons. The summed E-state index contributed by atoms with van der Waals surface area (Å²) in [6.07, 6.45) is 0. The first-order chi connectivity index (χ1) is 11.9. The van der Waals surface area contributed by atoms with Gasteiger partial charge in [-0.3, -0.25) is 9.69 Å². The van der Waals surface area contributed by atoms with E-state index < -0.39 is 0 Å². The highest BCUT2D eigenvalue weighted by atomic mass is 19.1. The molecule has 0 N–H and O–H groups in total. The predicted molar refractivity (Wildman–Crippen MR) is 99.8 cm³/mol. The number of rotatable bonds is 4. The first-order valence-electron chi connectivity index (χ1n) is 8.78. The van der Waals surface area contributed by atoms with Crippen molar-refractivity contribution in [3.63, 3.8) is 0 Å². The number of Topliss-reactive ketones (excluding diaryl/α,β-unsaturated/α-hetero) is 1. The Bertz CT molecular complexity index is 779. The van der Waals surface area contributed by atoms with Crippen LogP contribution in [0.1, 0.15) is 34.0 Å². The average Bonchev–Trinajstić information content (AvgIpc) is 2.59. The van der Waals surface area contributed by atoms with Gasteiger partial charge >= 0.3 is 0 Å². The van der Waals surface area contributed by atoms with E-state index in [1.54, 1.807) is 12.1 Å². The first kappa shape index (κ1) is 17.6. The van der Waals surface area contributed by atoms with Gasteiger partial charge < -0.3 is 4.90 Å². The van der Waals surface area contributed by atoms with Gasteiger partial charge in [0.2, 0.25) is 0 Å². The molecule has 132 valence electrons. The Labute approximate surface area is 149 Å². The maximum absolute atomic E-state index is 14.3. The molecule has 0 bridgehead atoms. The zero-order chi connectivity index (χ0) is 18.0. The number of benzene rings is 2. The van der Waals surface area contributed by atoms with Crippen molar-refractivity contribution >= 4 is 11.5 Å². The minimum Gasteiger partial charge on any atom is -0.367 e. The fourth-order valence-electron chi connectivity index (χ4n) is 3.34. The molecule has 0 unspecified atom stereocenters. The molecule has 3 rings (SSSR count). The molecule has 0 spiro atoms. The predicted octanol–water partition coefficient (Wildman–Crippen LogP) is 3.97. The van der Waals surface area contributed by atoms with Crippen molar-refractivity contribution in [1.82, 2.24) is 4.90 Å². The highest BCUT2D eigenvalue weighted by Crippen LogP contribution is 2.23. The second kappa shape index (κ2) is 7.36. The lowest BCUT2D eigenvalue weighted by molar-refractivity contribution is 0.101. The van der Waals surface area contributed by atoms with E-state index in [-0.39, 0.29) is 11.6 Å². The number of ketones is 1. The van der Waals surface area contributed by atoms with Crippen molar-refractivity contribution in [2.45, 2.75) is 27.3 Å². The number of carbonyl (C=O) groups excluding carboxylic acids is 1. The van der Waals surface area contributed by atoms with E-state index in [9.17, 15) is 9.18 Å². The van der Waals surface area contributed by atoms with Gasteiger partial charge in [0.15, 0.2) is 5.78 Å². The molecule has 25 heavy (non-hydrogen) atoms. The van der Waals surface area contributed by atoms with Gasteiger partial charge in [-0.05, 0) is 50.1 Å². The monoisotopic (exact) mass is 340 g/mol. The van der Waals surface area contributed by atoms with Gasteiger partial charge in [0, 0.05) is 38.3 Å². The third-order valence-electron chi connectivity index (χ3n) is 4.97. The molecule has 4 heteroatoms. The summed E-state index contributed by atoms with van der Waals surface area (Å²) >= 11 is 0. The van der Waals surface area contributed by atoms with E-state index in [1.807, 2.05) is 0 Å². The third-order valence-corrected chi connectivity index (χ3v) is 4.97. The number of hydrogen-bond acceptors (Lipinski definition) is 3. The maximum Gasteiger partial charge on any atom is 0.159 e. The molecule has 3 nitrogen and oxygen atoms in total. The molecule has 1 aliphatic heterocycles. The third kappa shape index (κ3) is 4.07. The van der Waals surface area contributed by atoms with E-state index in [1.165, 1.54) is 29.7 Å². The fraction of sp³-hybridized carbons (Fsp3) is 0.381. The van der Waals surface area contributed by atoms with Crippen molar-refractivity contribution in [3.8, 4) is 0 Å². The van der Waals surface area contributed by atoms with Gasteiger partial charge in [-0.25, -0.2) is 4.39 Å². The molecular formula is C21H25FN2O. The number of nitrogens with zero attached hydrogens (tertiary/aromatic N) is 2. The summed E-state index contributed by atoms with van der Waals surface area (Å²) in [5, 5.41) is 0. The summed E-state index contributed by atoms with van der Waals surface area (Å²) in [4.78, 5) is 15.9. The molecule has 0 saturated carbocycles. The second-order valence-corrected chi connectivity index (χ2v) is 6.92. The van der Waals surface area contributed by atoms with Crippen LogP contribution in [0.3, 0.4) is 0 Å². The van der Waals surface area contributed by atoms with Crippen LogP contribution in [0.5, 0.6) is 0 Å². The van der Waals surface area contributed by atoms with Crippen LogP contribution in [0.25, 0.3) is 0 Å². The summed E-state index contributed by atoms with van der Waals surface area (Å²) in [7, 11) is 0. The number of piperazine rings is 1. The molecule has 1 heterocycles. The van der Waals surface area contributed by atoms with Crippen molar-refractivity contribution in [1.29, 1.82) is 0 Å². The number of halogens is 1. The molecule has 2 aromatic rings. The van der Waals surface area contributed by atoms with Crippen molar-refractivity contribution in [3.05, 3.63) is 64.5 Å².